The van der Waals surface area contributed by atoms with Crippen molar-refractivity contribution < 1.29 is 9.53 Å². The molecule has 0 unspecified atom stereocenters. The molecule has 0 saturated carbocycles. The minimum Gasteiger partial charge on any atom is -0.496 e. The van der Waals surface area contributed by atoms with Crippen molar-refractivity contribution in [2.24, 2.45) is 0 Å². The van der Waals surface area contributed by atoms with E-state index in [1.54, 1.807) is 7.11 Å². The molecule has 1 atom stereocenters. The van der Waals surface area contributed by atoms with E-state index in [1.165, 1.54) is 5.56 Å². The molecule has 1 N–H and O–H groups in total. The summed E-state index contributed by atoms with van der Waals surface area (Å²) >= 11 is 0. The lowest BCUT2D eigenvalue weighted by molar-refractivity contribution is 0.0961. The number of hydrogen-bond donors (Lipinski definition) is 1. The van der Waals surface area contributed by atoms with Crippen molar-refractivity contribution >= 4 is 17.4 Å². The Labute approximate surface area is 164 Å². The van der Waals surface area contributed by atoms with E-state index in [2.05, 4.69) is 15.3 Å². The van der Waals surface area contributed by atoms with Gasteiger partial charge in [0.1, 0.15) is 5.75 Å². The molecule has 28 heavy (non-hydrogen) atoms. The van der Waals surface area contributed by atoms with Crippen LogP contribution in [0.15, 0.2) is 48.5 Å². The van der Waals surface area contributed by atoms with Crippen LogP contribution < -0.4 is 10.1 Å². The maximum atomic E-state index is 12.9. The zero-order valence-corrected chi connectivity index (χ0v) is 16.3. The fourth-order valence-electron chi connectivity index (χ4n) is 3.82. The van der Waals surface area contributed by atoms with Crippen LogP contribution in [0, 0.1) is 13.8 Å². The van der Waals surface area contributed by atoms with E-state index in [9.17, 15) is 4.79 Å². The largest absolute Gasteiger partial charge is 0.496 e. The Kier molecular flexibility index (Phi) is 4.82. The highest BCUT2D eigenvalue weighted by Crippen LogP contribution is 2.37. The molecule has 142 valence electrons. The zero-order valence-electron chi connectivity index (χ0n) is 16.3. The average Bonchev–Trinajstić information content (AvgIpc) is 2.69. The second-order valence-corrected chi connectivity index (χ2v) is 7.22. The predicted molar refractivity (Wildman–Crippen MR) is 110 cm³/mol. The number of carbonyl (C=O) groups excluding carboxylic acids is 1. The van der Waals surface area contributed by atoms with Crippen LogP contribution in [0.25, 0.3) is 0 Å². The highest BCUT2D eigenvalue weighted by molar-refractivity contribution is 6.00. The van der Waals surface area contributed by atoms with Crippen LogP contribution in [0.3, 0.4) is 0 Å². The Hall–Kier alpha value is -3.21. The third kappa shape index (κ3) is 3.48. The van der Waals surface area contributed by atoms with Crippen LogP contribution in [0.5, 0.6) is 5.75 Å². The molecule has 0 bridgehead atoms. The number of carbonyl (C=O) groups is 1. The summed E-state index contributed by atoms with van der Waals surface area (Å²) in [6, 6.07) is 16.0. The smallest absolute Gasteiger partial charge is 0.227 e. The molecular weight excluding hydrogens is 350 g/mol. The van der Waals surface area contributed by atoms with Crippen LogP contribution in [-0.2, 0) is 6.42 Å². The van der Waals surface area contributed by atoms with Gasteiger partial charge in [-0.1, -0.05) is 35.9 Å². The van der Waals surface area contributed by atoms with Gasteiger partial charge >= 0.3 is 0 Å². The Balaban J connectivity index is 1.68. The summed E-state index contributed by atoms with van der Waals surface area (Å²) in [6.45, 7) is 3.93. The Morgan fingerprint density at radius 1 is 1.00 bits per heavy atom. The number of nitrogens with one attached hydrogen (secondary N) is 1. The summed E-state index contributed by atoms with van der Waals surface area (Å²) in [5, 5.41) is 3.26. The van der Waals surface area contributed by atoms with Gasteiger partial charge in [-0.2, -0.15) is 0 Å². The minimum absolute atomic E-state index is 0.0534. The lowest BCUT2D eigenvalue weighted by atomic mass is 9.81. The first-order valence-electron chi connectivity index (χ1n) is 9.42. The highest BCUT2D eigenvalue weighted by Gasteiger charge is 2.31. The van der Waals surface area contributed by atoms with Gasteiger partial charge in [0.25, 0.3) is 0 Å². The fraction of sp³-hybridized carbons (Fsp3) is 0.261. The first-order chi connectivity index (χ1) is 13.5. The molecule has 0 spiro atoms. The summed E-state index contributed by atoms with van der Waals surface area (Å²) in [5.74, 6) is 1.48. The van der Waals surface area contributed by atoms with Crippen molar-refractivity contribution in [3.8, 4) is 5.75 Å². The van der Waals surface area contributed by atoms with Gasteiger partial charge in [0.2, 0.25) is 5.95 Å². The molecule has 0 amide bonds. The molecule has 2 aromatic carbocycles. The van der Waals surface area contributed by atoms with Crippen molar-refractivity contribution in [3.63, 3.8) is 0 Å². The van der Waals surface area contributed by atoms with Gasteiger partial charge in [-0.25, -0.2) is 9.97 Å². The number of benzene rings is 2. The van der Waals surface area contributed by atoms with Crippen molar-refractivity contribution in [1.82, 2.24) is 9.97 Å². The SMILES string of the molecule is COc1ccccc1[C@@H]1CC(=O)c2c(C)nc(Nc3ccc(C)cc3)nc2C1. The van der Waals surface area contributed by atoms with Gasteiger partial charge in [-0.3, -0.25) is 4.79 Å². The quantitative estimate of drug-likeness (QED) is 0.714. The number of aryl methyl sites for hydroxylation is 2. The second kappa shape index (κ2) is 7.43. The summed E-state index contributed by atoms with van der Waals surface area (Å²) in [6.07, 6.45) is 1.13. The molecule has 1 aliphatic rings. The number of ether oxygens (including phenoxy) is 1. The van der Waals surface area contributed by atoms with Crippen LogP contribution in [0.4, 0.5) is 11.6 Å². The monoisotopic (exact) mass is 373 g/mol. The summed E-state index contributed by atoms with van der Waals surface area (Å²) < 4.78 is 5.50. The first kappa shape index (κ1) is 18.2. The average molecular weight is 373 g/mol. The van der Waals surface area contributed by atoms with Gasteiger partial charge in [-0.15, -0.1) is 0 Å². The van der Waals surface area contributed by atoms with E-state index in [0.717, 1.165) is 28.4 Å². The normalized spacial score (nSPS) is 15.8. The Morgan fingerprint density at radius 3 is 2.50 bits per heavy atom. The van der Waals surface area contributed by atoms with Crippen LogP contribution in [0.2, 0.25) is 0 Å². The minimum atomic E-state index is 0.0534. The van der Waals surface area contributed by atoms with Crippen molar-refractivity contribution in [3.05, 3.63) is 76.6 Å². The number of Topliss-reactive ketones (excluding diaryl/α,β-unsaturated/α-hetero) is 1. The van der Waals surface area contributed by atoms with E-state index >= 15 is 0 Å². The molecule has 0 radical (unpaired) electrons. The molecular formula is C23H23N3O2. The first-order valence-corrected chi connectivity index (χ1v) is 9.42. The molecule has 1 aromatic heterocycles. The van der Waals surface area contributed by atoms with E-state index in [-0.39, 0.29) is 11.7 Å². The fourth-order valence-corrected chi connectivity index (χ4v) is 3.82. The number of nitrogens with zero attached hydrogens (tertiary/aromatic N) is 2. The molecule has 5 nitrogen and oxygen atoms in total. The molecule has 1 aliphatic carbocycles. The number of fused-ring (bicyclic) bond motifs is 1. The number of hydrogen-bond acceptors (Lipinski definition) is 5. The number of para-hydroxylation sites is 1. The van der Waals surface area contributed by atoms with E-state index in [4.69, 9.17) is 4.74 Å². The Morgan fingerprint density at radius 2 is 1.75 bits per heavy atom. The maximum Gasteiger partial charge on any atom is 0.227 e. The van der Waals surface area contributed by atoms with Crippen LogP contribution in [-0.4, -0.2) is 22.9 Å². The summed E-state index contributed by atoms with van der Waals surface area (Å²) in [4.78, 5) is 22.1. The van der Waals surface area contributed by atoms with Crippen molar-refractivity contribution in [1.29, 1.82) is 0 Å². The summed E-state index contributed by atoms with van der Waals surface area (Å²) in [5.41, 5.74) is 5.36. The van der Waals surface area contributed by atoms with Gasteiger partial charge in [0.15, 0.2) is 5.78 Å². The molecule has 3 aromatic rings. The second-order valence-electron chi connectivity index (χ2n) is 7.22. The lowest BCUT2D eigenvalue weighted by Gasteiger charge is -2.25. The van der Waals surface area contributed by atoms with Gasteiger partial charge < -0.3 is 10.1 Å². The molecule has 0 aliphatic heterocycles. The number of ketones is 1. The topological polar surface area (TPSA) is 64.1 Å². The van der Waals surface area contributed by atoms with Crippen LogP contribution in [0.1, 0.15) is 45.2 Å². The molecule has 5 heteroatoms. The highest BCUT2D eigenvalue weighted by atomic mass is 16.5. The van der Waals surface area contributed by atoms with Crippen molar-refractivity contribution in [2.75, 3.05) is 12.4 Å². The number of aromatic nitrogens is 2. The van der Waals surface area contributed by atoms with E-state index < -0.39 is 0 Å². The standard InChI is InChI=1S/C23H23N3O2/c1-14-8-10-17(11-9-14)25-23-24-15(2)22-19(26-23)12-16(13-20(22)27)18-6-4-5-7-21(18)28-3/h4-11,16H,12-13H2,1-3H3,(H,24,25,26)/t16-/m0/s1. The number of anilines is 2. The van der Waals surface area contributed by atoms with Gasteiger partial charge in [0, 0.05) is 18.0 Å². The van der Waals surface area contributed by atoms with Gasteiger partial charge in [0.05, 0.1) is 24.1 Å². The van der Waals surface area contributed by atoms with Crippen LogP contribution >= 0.6 is 0 Å². The van der Waals surface area contributed by atoms with Crippen molar-refractivity contribution in [2.45, 2.75) is 32.6 Å². The molecule has 1 heterocycles. The summed E-state index contributed by atoms with van der Waals surface area (Å²) in [7, 11) is 1.66. The van der Waals surface area contributed by atoms with E-state index in [0.29, 0.717) is 24.4 Å². The predicted octanol–water partition coefficient (Wildman–Crippen LogP) is 4.76. The third-order valence-corrected chi connectivity index (χ3v) is 5.20. The lowest BCUT2D eigenvalue weighted by Crippen LogP contribution is -2.23. The molecule has 4 rings (SSSR count). The Bertz CT molecular complexity index is 1030. The maximum absolute atomic E-state index is 12.9. The van der Waals surface area contributed by atoms with E-state index in [1.807, 2.05) is 62.4 Å². The molecule has 0 saturated heterocycles. The zero-order chi connectivity index (χ0) is 19.7. The van der Waals surface area contributed by atoms with Gasteiger partial charge in [-0.05, 0) is 44.0 Å². The third-order valence-electron chi connectivity index (χ3n) is 5.20. The number of methoxy groups -OCH3 is 1. The number of rotatable bonds is 4. The molecule has 0 fully saturated rings.